The number of furan rings is 1. The molecular weight excluding hydrogens is 250 g/mol. The second-order valence-corrected chi connectivity index (χ2v) is 5.88. The van der Waals surface area contributed by atoms with Crippen molar-refractivity contribution in [2.24, 2.45) is 0 Å². The van der Waals surface area contributed by atoms with Crippen LogP contribution < -0.4 is 5.32 Å². The van der Waals surface area contributed by atoms with Gasteiger partial charge in [0, 0.05) is 50.7 Å². The summed E-state index contributed by atoms with van der Waals surface area (Å²) >= 11 is 0. The number of hydrogen-bond donors (Lipinski definition) is 1. The van der Waals surface area contributed by atoms with Gasteiger partial charge in [-0.25, -0.2) is 0 Å². The minimum atomic E-state index is 0.751. The van der Waals surface area contributed by atoms with Crippen LogP contribution in [0.4, 0.5) is 0 Å². The number of hydrogen-bond acceptors (Lipinski definition) is 4. The second kappa shape index (κ2) is 5.20. The van der Waals surface area contributed by atoms with E-state index in [-0.39, 0.29) is 0 Å². The van der Waals surface area contributed by atoms with Crippen molar-refractivity contribution in [2.45, 2.75) is 12.6 Å². The van der Waals surface area contributed by atoms with E-state index in [0.717, 1.165) is 37.0 Å². The van der Waals surface area contributed by atoms with Crippen LogP contribution in [-0.2, 0) is 6.54 Å². The van der Waals surface area contributed by atoms with Gasteiger partial charge in [0.15, 0.2) is 0 Å². The van der Waals surface area contributed by atoms with Gasteiger partial charge in [0.2, 0.25) is 0 Å². The lowest BCUT2D eigenvalue weighted by atomic mass is 10.1. The van der Waals surface area contributed by atoms with E-state index in [1.54, 1.807) is 0 Å². The summed E-state index contributed by atoms with van der Waals surface area (Å²) in [5.41, 5.74) is 1.00. The van der Waals surface area contributed by atoms with Crippen LogP contribution in [0, 0.1) is 0 Å². The quantitative estimate of drug-likeness (QED) is 0.917. The number of likely N-dealkylation sites (tertiary alicyclic amines) is 1. The summed E-state index contributed by atoms with van der Waals surface area (Å²) in [6, 6.07) is 11.2. The van der Waals surface area contributed by atoms with Crippen LogP contribution in [0.5, 0.6) is 0 Å². The molecule has 1 aromatic heterocycles. The third-order valence-corrected chi connectivity index (χ3v) is 4.46. The minimum absolute atomic E-state index is 0.751. The number of para-hydroxylation sites is 1. The topological polar surface area (TPSA) is 31.7 Å². The van der Waals surface area contributed by atoms with Crippen molar-refractivity contribution in [3.05, 3.63) is 36.1 Å². The van der Waals surface area contributed by atoms with Gasteiger partial charge >= 0.3 is 0 Å². The van der Waals surface area contributed by atoms with Crippen molar-refractivity contribution in [3.8, 4) is 0 Å². The molecule has 2 aliphatic rings. The van der Waals surface area contributed by atoms with Crippen molar-refractivity contribution < 1.29 is 4.42 Å². The fraction of sp³-hybridized carbons (Fsp3) is 0.500. The van der Waals surface area contributed by atoms with Crippen LogP contribution in [0.1, 0.15) is 5.76 Å². The number of nitrogens with one attached hydrogen (secondary N) is 1. The highest BCUT2D eigenvalue weighted by Gasteiger charge is 2.32. The minimum Gasteiger partial charge on any atom is -0.460 e. The summed E-state index contributed by atoms with van der Waals surface area (Å²) in [5, 5.41) is 4.62. The molecule has 4 heteroatoms. The third-order valence-electron chi connectivity index (χ3n) is 4.46. The highest BCUT2D eigenvalue weighted by Crippen LogP contribution is 2.23. The summed E-state index contributed by atoms with van der Waals surface area (Å²) in [6.45, 7) is 7.97. The van der Waals surface area contributed by atoms with Crippen LogP contribution in [0.2, 0.25) is 0 Å². The monoisotopic (exact) mass is 271 g/mol. The first kappa shape index (κ1) is 12.4. The molecule has 1 N–H and O–H groups in total. The molecule has 0 bridgehead atoms. The lowest BCUT2D eigenvalue weighted by molar-refractivity contribution is 0.0188. The van der Waals surface area contributed by atoms with Crippen molar-refractivity contribution in [3.63, 3.8) is 0 Å². The third kappa shape index (κ3) is 2.35. The van der Waals surface area contributed by atoms with Crippen LogP contribution in [0.15, 0.2) is 34.7 Å². The van der Waals surface area contributed by atoms with Gasteiger partial charge in [0.05, 0.1) is 6.54 Å². The predicted octanol–water partition coefficient (Wildman–Crippen LogP) is 1.52. The molecule has 0 radical (unpaired) electrons. The van der Waals surface area contributed by atoms with Crippen LogP contribution in [0.25, 0.3) is 11.0 Å². The fourth-order valence-corrected chi connectivity index (χ4v) is 3.29. The first-order valence-electron chi connectivity index (χ1n) is 7.53. The maximum atomic E-state index is 5.89. The van der Waals surface area contributed by atoms with Gasteiger partial charge in [-0.2, -0.15) is 0 Å². The molecule has 0 spiro atoms. The van der Waals surface area contributed by atoms with E-state index in [2.05, 4.69) is 33.3 Å². The molecule has 106 valence electrons. The average Bonchev–Trinajstić information content (AvgIpc) is 2.86. The molecule has 0 aliphatic carbocycles. The van der Waals surface area contributed by atoms with Gasteiger partial charge in [-0.15, -0.1) is 0 Å². The van der Waals surface area contributed by atoms with Crippen LogP contribution in [-0.4, -0.2) is 55.1 Å². The van der Waals surface area contributed by atoms with Crippen molar-refractivity contribution in [1.82, 2.24) is 15.1 Å². The maximum Gasteiger partial charge on any atom is 0.134 e. The molecule has 20 heavy (non-hydrogen) atoms. The standard InChI is InChI=1S/C16H21N3O/c1-2-4-16-13(3-1)9-15(20-16)12-18-10-14(11-18)19-7-5-17-6-8-19/h1-4,9,14,17H,5-8,10-12H2. The molecule has 2 aliphatic heterocycles. The largest absolute Gasteiger partial charge is 0.460 e. The fourth-order valence-electron chi connectivity index (χ4n) is 3.29. The Bertz CT molecular complexity index is 549. The molecule has 0 amide bonds. The number of nitrogens with zero attached hydrogens (tertiary/aromatic N) is 2. The summed E-state index contributed by atoms with van der Waals surface area (Å²) in [7, 11) is 0. The van der Waals surface area contributed by atoms with Gasteiger partial charge in [0.1, 0.15) is 11.3 Å². The Hall–Kier alpha value is -1.36. The Balaban J connectivity index is 1.34. The second-order valence-electron chi connectivity index (χ2n) is 5.88. The number of rotatable bonds is 3. The van der Waals surface area contributed by atoms with Gasteiger partial charge in [-0.05, 0) is 12.1 Å². The van der Waals surface area contributed by atoms with Crippen molar-refractivity contribution >= 4 is 11.0 Å². The molecule has 2 saturated heterocycles. The van der Waals surface area contributed by atoms with Crippen molar-refractivity contribution in [1.29, 1.82) is 0 Å². The zero-order valence-electron chi connectivity index (χ0n) is 11.7. The Kier molecular flexibility index (Phi) is 3.22. The molecule has 4 rings (SSSR count). The summed E-state index contributed by atoms with van der Waals surface area (Å²) in [6.07, 6.45) is 0. The highest BCUT2D eigenvalue weighted by atomic mass is 16.3. The Morgan fingerprint density at radius 2 is 1.95 bits per heavy atom. The first-order valence-corrected chi connectivity index (χ1v) is 7.53. The predicted molar refractivity (Wildman–Crippen MR) is 79.7 cm³/mol. The Labute approximate surface area is 119 Å². The molecule has 0 saturated carbocycles. The van der Waals surface area contributed by atoms with E-state index in [4.69, 9.17) is 4.42 Å². The van der Waals surface area contributed by atoms with E-state index < -0.39 is 0 Å². The molecule has 2 aromatic rings. The van der Waals surface area contributed by atoms with Gasteiger partial charge < -0.3 is 9.73 Å². The molecule has 2 fully saturated rings. The zero-order valence-corrected chi connectivity index (χ0v) is 11.7. The average molecular weight is 271 g/mol. The van der Waals surface area contributed by atoms with Crippen molar-refractivity contribution in [2.75, 3.05) is 39.3 Å². The van der Waals surface area contributed by atoms with E-state index in [9.17, 15) is 0 Å². The molecule has 3 heterocycles. The SMILES string of the molecule is c1ccc2oc(CN3CC(N4CCNCC4)C3)cc2c1. The zero-order chi connectivity index (χ0) is 13.4. The number of fused-ring (bicyclic) bond motifs is 1. The number of benzene rings is 1. The lowest BCUT2D eigenvalue weighted by Gasteiger charge is -2.46. The number of piperazine rings is 1. The molecule has 0 unspecified atom stereocenters. The summed E-state index contributed by atoms with van der Waals surface area (Å²) < 4.78 is 5.89. The van der Waals surface area contributed by atoms with Crippen LogP contribution in [0.3, 0.4) is 0 Å². The highest BCUT2D eigenvalue weighted by molar-refractivity contribution is 5.77. The Morgan fingerprint density at radius 1 is 1.15 bits per heavy atom. The van der Waals surface area contributed by atoms with Gasteiger partial charge in [-0.3, -0.25) is 9.80 Å². The Morgan fingerprint density at radius 3 is 2.75 bits per heavy atom. The lowest BCUT2D eigenvalue weighted by Crippen LogP contribution is -2.62. The van der Waals surface area contributed by atoms with Crippen LogP contribution >= 0.6 is 0 Å². The molecule has 4 nitrogen and oxygen atoms in total. The molecule has 1 aromatic carbocycles. The molecule has 0 atom stereocenters. The van der Waals surface area contributed by atoms with E-state index >= 15 is 0 Å². The van der Waals surface area contributed by atoms with Gasteiger partial charge in [0.25, 0.3) is 0 Å². The maximum absolute atomic E-state index is 5.89. The summed E-state index contributed by atoms with van der Waals surface area (Å²) in [5.74, 6) is 1.09. The first-order chi connectivity index (χ1) is 9.88. The van der Waals surface area contributed by atoms with E-state index in [1.807, 2.05) is 12.1 Å². The van der Waals surface area contributed by atoms with Gasteiger partial charge in [-0.1, -0.05) is 18.2 Å². The summed E-state index contributed by atoms with van der Waals surface area (Å²) in [4.78, 5) is 5.09. The smallest absolute Gasteiger partial charge is 0.134 e. The normalized spacial score (nSPS) is 22.2. The van der Waals surface area contributed by atoms with E-state index in [0.29, 0.717) is 0 Å². The van der Waals surface area contributed by atoms with E-state index in [1.165, 1.54) is 31.6 Å². The molecular formula is C16H21N3O.